The number of carbonyl (C=O) groups is 3. The molecule has 29 heavy (non-hydrogen) atoms. The molecule has 2 aromatic rings. The standard InChI is InChI=1S/C22H21ClN2O4/c1-24(12-14-4-2-5-16(23)10-14)20(26)15-7-8-18-19(11-15)22(28)25(21(18)27)13-17-6-3-9-29-17/h2,4-5,7-8,10-11,17H,3,6,9,12-13H2,1H3/t17-/m0/s1. The van der Waals surface area contributed by atoms with Crippen molar-refractivity contribution in [2.75, 3.05) is 20.2 Å². The summed E-state index contributed by atoms with van der Waals surface area (Å²) in [4.78, 5) is 41.0. The molecule has 0 unspecified atom stereocenters. The third-order valence-corrected chi connectivity index (χ3v) is 5.52. The Morgan fingerprint density at radius 2 is 1.97 bits per heavy atom. The van der Waals surface area contributed by atoms with Gasteiger partial charge in [-0.3, -0.25) is 19.3 Å². The van der Waals surface area contributed by atoms with Crippen molar-refractivity contribution < 1.29 is 19.1 Å². The summed E-state index contributed by atoms with van der Waals surface area (Å²) in [6.45, 7) is 1.30. The van der Waals surface area contributed by atoms with Crippen molar-refractivity contribution in [2.24, 2.45) is 0 Å². The van der Waals surface area contributed by atoms with Crippen LogP contribution in [-0.2, 0) is 11.3 Å². The Kier molecular flexibility index (Phi) is 5.39. The van der Waals surface area contributed by atoms with Crippen LogP contribution in [0.5, 0.6) is 0 Å². The molecule has 6 nitrogen and oxygen atoms in total. The molecule has 0 radical (unpaired) electrons. The van der Waals surface area contributed by atoms with Gasteiger partial charge >= 0.3 is 0 Å². The average Bonchev–Trinajstić information content (AvgIpc) is 3.30. The maximum absolute atomic E-state index is 12.8. The maximum atomic E-state index is 12.8. The molecule has 1 atom stereocenters. The molecule has 0 aliphatic carbocycles. The second-order valence-electron chi connectivity index (χ2n) is 7.41. The van der Waals surface area contributed by atoms with Crippen molar-refractivity contribution in [1.29, 1.82) is 0 Å². The van der Waals surface area contributed by atoms with Crippen molar-refractivity contribution in [1.82, 2.24) is 9.80 Å². The van der Waals surface area contributed by atoms with Crippen molar-refractivity contribution in [2.45, 2.75) is 25.5 Å². The summed E-state index contributed by atoms with van der Waals surface area (Å²) in [7, 11) is 1.69. The monoisotopic (exact) mass is 412 g/mol. The van der Waals surface area contributed by atoms with Gasteiger partial charge in [-0.1, -0.05) is 23.7 Å². The lowest BCUT2D eigenvalue weighted by atomic mass is 10.0. The van der Waals surface area contributed by atoms with E-state index in [9.17, 15) is 14.4 Å². The van der Waals surface area contributed by atoms with E-state index in [2.05, 4.69) is 0 Å². The largest absolute Gasteiger partial charge is 0.376 e. The van der Waals surface area contributed by atoms with Gasteiger partial charge in [-0.05, 0) is 48.7 Å². The summed E-state index contributed by atoms with van der Waals surface area (Å²) < 4.78 is 5.55. The summed E-state index contributed by atoms with van der Waals surface area (Å²) >= 11 is 6.01. The number of imide groups is 1. The Labute approximate surface area is 174 Å². The van der Waals surface area contributed by atoms with E-state index in [0.717, 1.165) is 18.4 Å². The number of halogens is 1. The zero-order chi connectivity index (χ0) is 20.5. The van der Waals surface area contributed by atoms with Crippen LogP contribution < -0.4 is 0 Å². The number of carbonyl (C=O) groups excluding carboxylic acids is 3. The molecule has 4 rings (SSSR count). The van der Waals surface area contributed by atoms with E-state index in [1.54, 1.807) is 36.2 Å². The molecule has 1 saturated heterocycles. The predicted molar refractivity (Wildman–Crippen MR) is 108 cm³/mol. The van der Waals surface area contributed by atoms with Gasteiger partial charge < -0.3 is 9.64 Å². The number of hydrogen-bond donors (Lipinski definition) is 0. The SMILES string of the molecule is CN(Cc1cccc(Cl)c1)C(=O)c1ccc2c(c1)C(=O)N(C[C@@H]1CCCO1)C2=O. The molecule has 2 aliphatic rings. The Bertz CT molecular complexity index is 985. The lowest BCUT2D eigenvalue weighted by molar-refractivity contribution is 0.0475. The molecule has 1 fully saturated rings. The Hall–Kier alpha value is -2.70. The molecule has 0 spiro atoms. The van der Waals surface area contributed by atoms with Gasteiger partial charge in [-0.15, -0.1) is 0 Å². The first-order valence-electron chi connectivity index (χ1n) is 9.56. The third kappa shape index (κ3) is 3.91. The molecule has 0 N–H and O–H groups in total. The van der Waals surface area contributed by atoms with Crippen molar-refractivity contribution in [3.05, 3.63) is 69.7 Å². The lowest BCUT2D eigenvalue weighted by Crippen LogP contribution is -2.36. The highest BCUT2D eigenvalue weighted by Crippen LogP contribution is 2.26. The van der Waals surface area contributed by atoms with Crippen LogP contribution in [-0.4, -0.2) is 53.8 Å². The van der Waals surface area contributed by atoms with Crippen LogP contribution in [0.4, 0.5) is 0 Å². The highest BCUT2D eigenvalue weighted by atomic mass is 35.5. The fraction of sp³-hybridized carbons (Fsp3) is 0.318. The number of fused-ring (bicyclic) bond motifs is 1. The molecule has 150 valence electrons. The van der Waals surface area contributed by atoms with E-state index in [0.29, 0.717) is 29.3 Å². The first kappa shape index (κ1) is 19.6. The molecular formula is C22H21ClN2O4. The fourth-order valence-corrected chi connectivity index (χ4v) is 4.00. The molecular weight excluding hydrogens is 392 g/mol. The van der Waals surface area contributed by atoms with E-state index >= 15 is 0 Å². The van der Waals surface area contributed by atoms with Crippen molar-refractivity contribution >= 4 is 29.3 Å². The van der Waals surface area contributed by atoms with E-state index in [1.165, 1.54) is 11.0 Å². The van der Waals surface area contributed by atoms with Crippen molar-refractivity contribution in [3.8, 4) is 0 Å². The third-order valence-electron chi connectivity index (χ3n) is 5.28. The molecule has 3 amide bonds. The quantitative estimate of drug-likeness (QED) is 0.706. The Morgan fingerprint density at radius 1 is 1.17 bits per heavy atom. The first-order valence-corrected chi connectivity index (χ1v) is 9.93. The zero-order valence-electron chi connectivity index (χ0n) is 16.1. The van der Waals surface area contributed by atoms with E-state index in [4.69, 9.17) is 16.3 Å². The molecule has 0 saturated carbocycles. The number of hydrogen-bond acceptors (Lipinski definition) is 4. The van der Waals surface area contributed by atoms with Gasteiger partial charge in [-0.25, -0.2) is 0 Å². The summed E-state index contributed by atoms with van der Waals surface area (Å²) in [5, 5.41) is 0.608. The van der Waals surface area contributed by atoms with Gasteiger partial charge in [0.25, 0.3) is 17.7 Å². The molecule has 2 aliphatic heterocycles. The van der Waals surface area contributed by atoms with Gasteiger partial charge in [0.05, 0.1) is 23.8 Å². The van der Waals surface area contributed by atoms with Gasteiger partial charge in [0.15, 0.2) is 0 Å². The molecule has 7 heteroatoms. The number of ether oxygens (including phenoxy) is 1. The summed E-state index contributed by atoms with van der Waals surface area (Å²) in [5.74, 6) is -0.926. The second kappa shape index (κ2) is 7.97. The zero-order valence-corrected chi connectivity index (χ0v) is 16.8. The van der Waals surface area contributed by atoms with Gasteiger partial charge in [-0.2, -0.15) is 0 Å². The van der Waals surface area contributed by atoms with Gasteiger partial charge in [0.1, 0.15) is 0 Å². The van der Waals surface area contributed by atoms with E-state index in [-0.39, 0.29) is 35.9 Å². The smallest absolute Gasteiger partial charge is 0.261 e. The summed E-state index contributed by atoms with van der Waals surface area (Å²) in [6, 6.07) is 12.0. The molecule has 2 heterocycles. The molecule has 0 aromatic heterocycles. The van der Waals surface area contributed by atoms with Crippen LogP contribution in [0.25, 0.3) is 0 Å². The first-order chi connectivity index (χ1) is 13.9. The second-order valence-corrected chi connectivity index (χ2v) is 7.84. The van der Waals surface area contributed by atoms with E-state index < -0.39 is 0 Å². The minimum absolute atomic E-state index is 0.109. The van der Waals surface area contributed by atoms with Crippen LogP contribution in [0.15, 0.2) is 42.5 Å². The minimum Gasteiger partial charge on any atom is -0.376 e. The highest BCUT2D eigenvalue weighted by molar-refractivity contribution is 6.30. The Balaban J connectivity index is 1.51. The number of amides is 3. The van der Waals surface area contributed by atoms with Crippen LogP contribution >= 0.6 is 11.6 Å². The fourth-order valence-electron chi connectivity index (χ4n) is 3.78. The summed E-state index contributed by atoms with van der Waals surface area (Å²) in [5.41, 5.74) is 1.88. The topological polar surface area (TPSA) is 66.9 Å². The summed E-state index contributed by atoms with van der Waals surface area (Å²) in [6.07, 6.45) is 1.67. The lowest BCUT2D eigenvalue weighted by Gasteiger charge is -2.18. The Morgan fingerprint density at radius 3 is 2.69 bits per heavy atom. The molecule has 0 bridgehead atoms. The number of rotatable bonds is 5. The van der Waals surface area contributed by atoms with E-state index in [1.807, 2.05) is 12.1 Å². The highest BCUT2D eigenvalue weighted by Gasteiger charge is 2.38. The normalized spacial score (nSPS) is 18.3. The molecule has 2 aromatic carbocycles. The van der Waals surface area contributed by atoms with Gasteiger partial charge in [0, 0.05) is 30.8 Å². The number of nitrogens with zero attached hydrogens (tertiary/aromatic N) is 2. The maximum Gasteiger partial charge on any atom is 0.261 e. The van der Waals surface area contributed by atoms with Gasteiger partial charge in [0.2, 0.25) is 0 Å². The number of benzene rings is 2. The predicted octanol–water partition coefficient (Wildman–Crippen LogP) is 3.39. The average molecular weight is 413 g/mol. The van der Waals surface area contributed by atoms with Crippen LogP contribution in [0, 0.1) is 0 Å². The van der Waals surface area contributed by atoms with Crippen LogP contribution in [0.3, 0.4) is 0 Å². The van der Waals surface area contributed by atoms with Crippen molar-refractivity contribution in [3.63, 3.8) is 0 Å². The minimum atomic E-state index is -0.368. The van der Waals surface area contributed by atoms with Crippen LogP contribution in [0.1, 0.15) is 49.5 Å². The van der Waals surface area contributed by atoms with Crippen LogP contribution in [0.2, 0.25) is 5.02 Å².